The molecule has 0 unspecified atom stereocenters. The Balaban J connectivity index is 0. The highest BCUT2D eigenvalue weighted by Gasteiger charge is 1.58. The van der Waals surface area contributed by atoms with Crippen LogP contribution in [0.5, 0.6) is 0 Å². The zero-order chi connectivity index (χ0) is 7.66. The first-order valence-corrected chi connectivity index (χ1v) is 4.60. The van der Waals surface area contributed by atoms with E-state index in [9.17, 15) is 0 Å². The summed E-state index contributed by atoms with van der Waals surface area (Å²) in [6, 6.07) is 12.0. The standard InChI is InChI=1S/C6H6.C3H7Br.H2O/c1-2-4-6-5-3-1;1-2-3-4;/h1-6H;2-3H2,1H3;1H2. The van der Waals surface area contributed by atoms with Crippen LogP contribution in [0, 0.1) is 0 Å². The van der Waals surface area contributed by atoms with Crippen molar-refractivity contribution in [3.8, 4) is 0 Å². The summed E-state index contributed by atoms with van der Waals surface area (Å²) in [7, 11) is 0. The lowest BCUT2D eigenvalue weighted by Gasteiger charge is -1.69. The van der Waals surface area contributed by atoms with E-state index in [1.807, 2.05) is 36.4 Å². The molecular weight excluding hydrogens is 204 g/mol. The van der Waals surface area contributed by atoms with E-state index in [-0.39, 0.29) is 5.48 Å². The Hall–Kier alpha value is -0.340. The highest BCUT2D eigenvalue weighted by atomic mass is 79.9. The molecule has 1 nitrogen and oxygen atoms in total. The van der Waals surface area contributed by atoms with E-state index in [1.165, 1.54) is 6.42 Å². The molecule has 0 aliphatic heterocycles. The quantitative estimate of drug-likeness (QED) is 0.650. The summed E-state index contributed by atoms with van der Waals surface area (Å²) in [6.07, 6.45) is 1.24. The molecule has 0 aliphatic carbocycles. The lowest BCUT2D eigenvalue weighted by atomic mass is 10.4. The van der Waals surface area contributed by atoms with Crippen molar-refractivity contribution >= 4 is 15.9 Å². The molecule has 2 heteroatoms. The van der Waals surface area contributed by atoms with Gasteiger partial charge in [-0.05, 0) is 6.42 Å². The zero-order valence-electron chi connectivity index (χ0n) is 6.76. The van der Waals surface area contributed by atoms with E-state index < -0.39 is 0 Å². The molecule has 0 amide bonds. The Morgan fingerprint density at radius 1 is 0.909 bits per heavy atom. The van der Waals surface area contributed by atoms with E-state index in [1.54, 1.807) is 0 Å². The molecule has 2 N–H and O–H groups in total. The van der Waals surface area contributed by atoms with Crippen molar-refractivity contribution in [3.63, 3.8) is 0 Å². The first kappa shape index (κ1) is 13.3. The summed E-state index contributed by atoms with van der Waals surface area (Å²) in [5, 5.41) is 1.13. The van der Waals surface area contributed by atoms with Gasteiger partial charge in [0.25, 0.3) is 0 Å². The van der Waals surface area contributed by atoms with Gasteiger partial charge in [-0.25, -0.2) is 0 Å². The highest BCUT2D eigenvalue weighted by molar-refractivity contribution is 9.09. The Labute approximate surface area is 76.9 Å². The lowest BCUT2D eigenvalue weighted by Crippen LogP contribution is -1.54. The van der Waals surface area contributed by atoms with Crippen LogP contribution in [0.15, 0.2) is 36.4 Å². The maximum absolute atomic E-state index is 3.25. The second kappa shape index (κ2) is 12.3. The van der Waals surface area contributed by atoms with Gasteiger partial charge in [0.15, 0.2) is 0 Å². The molecule has 0 spiro atoms. The molecule has 0 aliphatic rings. The highest BCUT2D eigenvalue weighted by Crippen LogP contribution is 1.80. The van der Waals surface area contributed by atoms with Gasteiger partial charge in [0.2, 0.25) is 0 Å². The molecule has 0 heterocycles. The van der Waals surface area contributed by atoms with Crippen molar-refractivity contribution < 1.29 is 5.48 Å². The molecule has 1 rings (SSSR count). The first-order valence-electron chi connectivity index (χ1n) is 3.47. The fraction of sp³-hybridized carbons (Fsp3) is 0.333. The van der Waals surface area contributed by atoms with Crippen LogP contribution in [-0.2, 0) is 0 Å². The molecule has 11 heavy (non-hydrogen) atoms. The van der Waals surface area contributed by atoms with Crippen molar-refractivity contribution in [2.24, 2.45) is 0 Å². The van der Waals surface area contributed by atoms with E-state index in [4.69, 9.17) is 0 Å². The molecular formula is C9H15BrO. The van der Waals surface area contributed by atoms with Crippen LogP contribution >= 0.6 is 15.9 Å². The maximum atomic E-state index is 3.25. The van der Waals surface area contributed by atoms with Gasteiger partial charge in [-0.1, -0.05) is 59.3 Å². The minimum Gasteiger partial charge on any atom is -0.412 e. The topological polar surface area (TPSA) is 31.5 Å². The summed E-state index contributed by atoms with van der Waals surface area (Å²) in [6.45, 7) is 2.13. The minimum atomic E-state index is 0. The summed E-state index contributed by atoms with van der Waals surface area (Å²) >= 11 is 3.25. The molecule has 1 aromatic rings. The molecule has 1 aromatic carbocycles. The molecule has 0 saturated heterocycles. The van der Waals surface area contributed by atoms with Crippen LogP contribution in [0.25, 0.3) is 0 Å². The van der Waals surface area contributed by atoms with Crippen molar-refractivity contribution in [3.05, 3.63) is 36.4 Å². The Morgan fingerprint density at radius 2 is 1.09 bits per heavy atom. The molecule has 64 valence electrons. The number of alkyl halides is 1. The van der Waals surface area contributed by atoms with Crippen LogP contribution in [-0.4, -0.2) is 10.8 Å². The number of benzene rings is 1. The molecule has 0 fully saturated rings. The van der Waals surface area contributed by atoms with Gasteiger partial charge in [0.1, 0.15) is 0 Å². The summed E-state index contributed by atoms with van der Waals surface area (Å²) in [5.41, 5.74) is 0. The van der Waals surface area contributed by atoms with Crippen molar-refractivity contribution in [1.82, 2.24) is 0 Å². The fourth-order valence-corrected chi connectivity index (χ4v) is 0.385. The minimum absolute atomic E-state index is 0. The van der Waals surface area contributed by atoms with Crippen LogP contribution in [0.1, 0.15) is 13.3 Å². The molecule has 0 radical (unpaired) electrons. The lowest BCUT2D eigenvalue weighted by molar-refractivity contribution is 0.824. The molecule has 0 atom stereocenters. The summed E-state index contributed by atoms with van der Waals surface area (Å²) in [5.74, 6) is 0. The van der Waals surface area contributed by atoms with E-state index in [0.717, 1.165) is 5.33 Å². The Kier molecular flexibility index (Phi) is 14.9. The number of halogens is 1. The van der Waals surface area contributed by atoms with Gasteiger partial charge in [0.05, 0.1) is 0 Å². The average Bonchev–Trinajstić information content (AvgIpc) is 2.08. The third kappa shape index (κ3) is 12.8. The van der Waals surface area contributed by atoms with Crippen molar-refractivity contribution in [2.45, 2.75) is 13.3 Å². The van der Waals surface area contributed by atoms with E-state index in [2.05, 4.69) is 22.9 Å². The monoisotopic (exact) mass is 218 g/mol. The third-order valence-corrected chi connectivity index (χ3v) is 1.65. The van der Waals surface area contributed by atoms with Gasteiger partial charge in [-0.15, -0.1) is 0 Å². The molecule has 0 bridgehead atoms. The predicted octanol–water partition coefficient (Wildman–Crippen LogP) is 2.65. The maximum Gasteiger partial charge on any atom is 0.00286 e. The zero-order valence-corrected chi connectivity index (χ0v) is 8.34. The average molecular weight is 219 g/mol. The van der Waals surface area contributed by atoms with Gasteiger partial charge >= 0.3 is 0 Å². The predicted molar refractivity (Wildman–Crippen MR) is 54.1 cm³/mol. The number of hydrogen-bond donors (Lipinski definition) is 0. The van der Waals surface area contributed by atoms with Crippen LogP contribution < -0.4 is 0 Å². The largest absolute Gasteiger partial charge is 0.412 e. The van der Waals surface area contributed by atoms with Gasteiger partial charge in [0, 0.05) is 5.33 Å². The summed E-state index contributed by atoms with van der Waals surface area (Å²) in [4.78, 5) is 0. The number of hydrogen-bond acceptors (Lipinski definition) is 0. The number of rotatable bonds is 1. The van der Waals surface area contributed by atoms with E-state index >= 15 is 0 Å². The Morgan fingerprint density at radius 3 is 1.18 bits per heavy atom. The van der Waals surface area contributed by atoms with Gasteiger partial charge in [-0.2, -0.15) is 0 Å². The second-order valence-electron chi connectivity index (χ2n) is 1.84. The molecule has 0 aromatic heterocycles. The Bertz CT molecular complexity index is 102. The third-order valence-electron chi connectivity index (χ3n) is 0.856. The SMILES string of the molecule is CCCBr.O.c1ccccc1. The van der Waals surface area contributed by atoms with Crippen LogP contribution in [0.3, 0.4) is 0 Å². The second-order valence-corrected chi connectivity index (χ2v) is 2.64. The smallest absolute Gasteiger partial charge is 0.00286 e. The fourth-order valence-electron chi connectivity index (χ4n) is 0.385. The van der Waals surface area contributed by atoms with E-state index in [0.29, 0.717) is 0 Å². The van der Waals surface area contributed by atoms with Gasteiger partial charge in [-0.3, -0.25) is 0 Å². The molecule has 0 saturated carbocycles. The van der Waals surface area contributed by atoms with Crippen LogP contribution in [0.2, 0.25) is 0 Å². The first-order chi connectivity index (χ1) is 4.91. The van der Waals surface area contributed by atoms with Crippen LogP contribution in [0.4, 0.5) is 0 Å². The summed E-state index contributed by atoms with van der Waals surface area (Å²) < 4.78 is 0. The normalized spacial score (nSPS) is 7.09. The van der Waals surface area contributed by atoms with Crippen molar-refractivity contribution in [1.29, 1.82) is 0 Å². The van der Waals surface area contributed by atoms with Crippen molar-refractivity contribution in [2.75, 3.05) is 5.33 Å². The van der Waals surface area contributed by atoms with Gasteiger partial charge < -0.3 is 5.48 Å².